The highest BCUT2D eigenvalue weighted by atomic mass is 16.2. The molecule has 0 fully saturated rings. The van der Waals surface area contributed by atoms with E-state index in [1.807, 2.05) is 17.0 Å². The first-order chi connectivity index (χ1) is 13.8. The molecule has 2 aliphatic heterocycles. The highest BCUT2D eigenvalue weighted by molar-refractivity contribution is 5.93. The summed E-state index contributed by atoms with van der Waals surface area (Å²) in [6.45, 7) is 3.09. The average molecular weight is 370 g/mol. The fourth-order valence-corrected chi connectivity index (χ4v) is 4.16. The summed E-state index contributed by atoms with van der Waals surface area (Å²) < 4.78 is 0. The molecule has 0 atom stereocenters. The largest absolute Gasteiger partial charge is 0.352 e. The van der Waals surface area contributed by atoms with Gasteiger partial charge in [-0.15, -0.1) is 0 Å². The fourth-order valence-electron chi connectivity index (χ4n) is 4.16. The van der Waals surface area contributed by atoms with Crippen molar-refractivity contribution in [2.75, 3.05) is 18.0 Å². The van der Waals surface area contributed by atoms with Crippen LogP contribution in [0.5, 0.6) is 0 Å². The number of benzene rings is 2. The fraction of sp³-hybridized carbons (Fsp3) is 0.261. The maximum atomic E-state index is 13.1. The summed E-state index contributed by atoms with van der Waals surface area (Å²) in [5.41, 5.74) is 5.76. The second kappa shape index (κ2) is 7.08. The number of fused-ring (bicyclic) bond motifs is 2. The van der Waals surface area contributed by atoms with Crippen LogP contribution in [0.3, 0.4) is 0 Å². The average Bonchev–Trinajstić information content (AvgIpc) is 2.78. The van der Waals surface area contributed by atoms with Crippen molar-refractivity contribution < 1.29 is 4.79 Å². The summed E-state index contributed by atoms with van der Waals surface area (Å²) in [4.78, 5) is 25.9. The van der Waals surface area contributed by atoms with Crippen molar-refractivity contribution in [3.05, 3.63) is 88.9 Å². The van der Waals surface area contributed by atoms with Gasteiger partial charge in [0.1, 0.15) is 17.8 Å². The molecule has 0 saturated heterocycles. The zero-order valence-electron chi connectivity index (χ0n) is 15.7. The van der Waals surface area contributed by atoms with E-state index in [0.717, 1.165) is 38.3 Å². The molecule has 140 valence electrons. The molecule has 28 heavy (non-hydrogen) atoms. The van der Waals surface area contributed by atoms with Crippen LogP contribution in [0.2, 0.25) is 0 Å². The van der Waals surface area contributed by atoms with Crippen LogP contribution in [0.4, 0.5) is 5.82 Å². The van der Waals surface area contributed by atoms with Crippen molar-refractivity contribution in [1.82, 2.24) is 14.9 Å². The molecule has 0 radical (unpaired) electrons. The molecule has 5 heteroatoms. The maximum Gasteiger partial charge on any atom is 0.272 e. The molecular formula is C23H22N4O. The lowest BCUT2D eigenvalue weighted by molar-refractivity contribution is 0.0728. The first-order valence-electron chi connectivity index (χ1n) is 9.78. The van der Waals surface area contributed by atoms with Gasteiger partial charge in [0.15, 0.2) is 0 Å². The van der Waals surface area contributed by atoms with E-state index in [-0.39, 0.29) is 5.91 Å². The van der Waals surface area contributed by atoms with Gasteiger partial charge in [-0.2, -0.15) is 0 Å². The summed E-state index contributed by atoms with van der Waals surface area (Å²) in [6, 6.07) is 18.7. The molecule has 1 amide bonds. The number of aromatic nitrogens is 2. The van der Waals surface area contributed by atoms with Crippen LogP contribution in [-0.2, 0) is 25.9 Å². The van der Waals surface area contributed by atoms with Crippen molar-refractivity contribution >= 4 is 11.7 Å². The number of anilines is 1. The van der Waals surface area contributed by atoms with E-state index < -0.39 is 0 Å². The van der Waals surface area contributed by atoms with Gasteiger partial charge in [-0.05, 0) is 35.1 Å². The zero-order valence-corrected chi connectivity index (χ0v) is 15.7. The van der Waals surface area contributed by atoms with Crippen molar-refractivity contribution in [3.63, 3.8) is 0 Å². The Kier molecular flexibility index (Phi) is 4.28. The molecule has 0 bridgehead atoms. The highest BCUT2D eigenvalue weighted by Gasteiger charge is 2.24. The molecule has 0 aliphatic carbocycles. The van der Waals surface area contributed by atoms with E-state index in [9.17, 15) is 4.79 Å². The van der Waals surface area contributed by atoms with Crippen LogP contribution in [0.25, 0.3) is 0 Å². The number of amides is 1. The van der Waals surface area contributed by atoms with Gasteiger partial charge in [0.25, 0.3) is 5.91 Å². The van der Waals surface area contributed by atoms with Crippen molar-refractivity contribution in [3.8, 4) is 0 Å². The zero-order chi connectivity index (χ0) is 18.9. The quantitative estimate of drug-likeness (QED) is 0.695. The van der Waals surface area contributed by atoms with Crippen molar-refractivity contribution in [1.29, 1.82) is 0 Å². The Labute approximate surface area is 164 Å². The minimum Gasteiger partial charge on any atom is -0.352 e. The van der Waals surface area contributed by atoms with Crippen molar-refractivity contribution in [2.45, 2.75) is 25.9 Å². The van der Waals surface area contributed by atoms with Crippen LogP contribution < -0.4 is 4.90 Å². The topological polar surface area (TPSA) is 49.3 Å². The summed E-state index contributed by atoms with van der Waals surface area (Å²) >= 11 is 0. The summed E-state index contributed by atoms with van der Waals surface area (Å²) in [5, 5.41) is 0. The minimum atomic E-state index is -0.0180. The monoisotopic (exact) mass is 370 g/mol. The van der Waals surface area contributed by atoms with Crippen LogP contribution >= 0.6 is 0 Å². The third-order valence-electron chi connectivity index (χ3n) is 5.74. The molecule has 3 aromatic rings. The van der Waals surface area contributed by atoms with Gasteiger partial charge >= 0.3 is 0 Å². The van der Waals surface area contributed by atoms with Gasteiger partial charge in [0.05, 0.1) is 0 Å². The van der Waals surface area contributed by atoms with Crippen LogP contribution in [0, 0.1) is 0 Å². The van der Waals surface area contributed by atoms with Gasteiger partial charge < -0.3 is 9.80 Å². The van der Waals surface area contributed by atoms with Crippen LogP contribution in [-0.4, -0.2) is 33.9 Å². The Morgan fingerprint density at radius 2 is 1.43 bits per heavy atom. The summed E-state index contributed by atoms with van der Waals surface area (Å²) in [5.74, 6) is 0.806. The molecule has 0 saturated carbocycles. The molecule has 0 N–H and O–H groups in total. The Morgan fingerprint density at radius 3 is 2.18 bits per heavy atom. The summed E-state index contributed by atoms with van der Waals surface area (Å²) in [7, 11) is 0. The first kappa shape index (κ1) is 16.9. The second-order valence-electron chi connectivity index (χ2n) is 7.45. The highest BCUT2D eigenvalue weighted by Crippen LogP contribution is 2.24. The number of hydrogen-bond acceptors (Lipinski definition) is 4. The van der Waals surface area contributed by atoms with E-state index >= 15 is 0 Å². The summed E-state index contributed by atoms with van der Waals surface area (Å²) in [6.07, 6.45) is 3.40. The minimum absolute atomic E-state index is 0.0180. The number of rotatable bonds is 2. The van der Waals surface area contributed by atoms with Crippen LogP contribution in [0.15, 0.2) is 60.9 Å². The van der Waals surface area contributed by atoms with Gasteiger partial charge in [-0.25, -0.2) is 9.97 Å². The smallest absolute Gasteiger partial charge is 0.272 e. The lowest BCUT2D eigenvalue weighted by atomic mass is 9.99. The Morgan fingerprint density at radius 1 is 0.786 bits per heavy atom. The predicted octanol–water partition coefficient (Wildman–Crippen LogP) is 3.24. The van der Waals surface area contributed by atoms with E-state index in [1.165, 1.54) is 28.6 Å². The third kappa shape index (κ3) is 3.13. The van der Waals surface area contributed by atoms with Crippen LogP contribution in [0.1, 0.15) is 32.7 Å². The number of carbonyl (C=O) groups is 1. The van der Waals surface area contributed by atoms with E-state index in [4.69, 9.17) is 0 Å². The van der Waals surface area contributed by atoms with E-state index in [0.29, 0.717) is 12.2 Å². The number of hydrogen-bond donors (Lipinski definition) is 0. The Balaban J connectivity index is 1.36. The molecule has 0 unspecified atom stereocenters. The molecule has 5 rings (SSSR count). The number of nitrogens with zero attached hydrogens (tertiary/aromatic N) is 4. The molecule has 1 aromatic heterocycles. The first-order valence-corrected chi connectivity index (χ1v) is 9.78. The molecular weight excluding hydrogens is 348 g/mol. The Hall–Kier alpha value is -3.21. The normalized spacial score (nSPS) is 15.7. The molecule has 2 aliphatic rings. The van der Waals surface area contributed by atoms with Gasteiger partial charge in [-0.1, -0.05) is 48.5 Å². The predicted molar refractivity (Wildman–Crippen MR) is 108 cm³/mol. The second-order valence-corrected chi connectivity index (χ2v) is 7.45. The van der Waals surface area contributed by atoms with E-state index in [2.05, 4.69) is 57.3 Å². The molecule has 3 heterocycles. The third-order valence-corrected chi connectivity index (χ3v) is 5.74. The lowest BCUT2D eigenvalue weighted by Crippen LogP contribution is -2.36. The van der Waals surface area contributed by atoms with Crippen molar-refractivity contribution in [2.24, 2.45) is 0 Å². The van der Waals surface area contributed by atoms with Gasteiger partial charge in [0.2, 0.25) is 0 Å². The van der Waals surface area contributed by atoms with Gasteiger partial charge in [0, 0.05) is 32.2 Å². The van der Waals surface area contributed by atoms with Gasteiger partial charge in [-0.3, -0.25) is 4.79 Å². The molecule has 5 nitrogen and oxygen atoms in total. The number of carbonyl (C=O) groups excluding carboxylic acids is 1. The molecule has 2 aromatic carbocycles. The molecule has 0 spiro atoms. The Bertz CT molecular complexity index is 1030. The van der Waals surface area contributed by atoms with E-state index in [1.54, 1.807) is 0 Å². The SMILES string of the molecule is O=C(c1cc(N2CCc3ccccc3C2)ncn1)N1CCc2ccccc2C1. The maximum absolute atomic E-state index is 13.1. The lowest BCUT2D eigenvalue weighted by Gasteiger charge is -2.30. The standard InChI is InChI=1S/C23H22N4O/c28-23(27-12-10-18-6-2-4-8-20(18)15-27)21-13-22(25-16-24-21)26-11-9-17-5-1-3-7-19(17)14-26/h1-8,13,16H,9-12,14-15H2.